The number of aliphatic hydroxyl groups excluding tert-OH is 5. The van der Waals surface area contributed by atoms with Gasteiger partial charge in [0.15, 0.2) is 0 Å². The Kier molecular flexibility index (Phi) is 6.17. The molecule has 0 aromatic rings. The molecule has 0 amide bonds. The van der Waals surface area contributed by atoms with Crippen molar-refractivity contribution in [2.24, 2.45) is 0 Å². The Balaban J connectivity index is 4.22. The second-order valence-electron chi connectivity index (χ2n) is 3.16. The van der Waals surface area contributed by atoms with Crippen LogP contribution in [0.1, 0.15) is 6.92 Å². The maximum atomic E-state index is 9.37. The van der Waals surface area contributed by atoms with Gasteiger partial charge in [0.1, 0.15) is 24.4 Å². The monoisotopic (exact) mass is 210 g/mol. The largest absolute Gasteiger partial charge is 0.394 e. The van der Waals surface area contributed by atoms with Crippen LogP contribution in [0.15, 0.2) is 0 Å². The molecule has 5 unspecified atom stereocenters. The Morgan fingerprint density at radius 3 is 1.86 bits per heavy atom. The minimum atomic E-state index is -1.60. The summed E-state index contributed by atoms with van der Waals surface area (Å²) in [6, 6.07) is 0. The Morgan fingerprint density at radius 2 is 1.50 bits per heavy atom. The van der Waals surface area contributed by atoms with Crippen molar-refractivity contribution in [1.29, 1.82) is 0 Å². The van der Waals surface area contributed by atoms with Gasteiger partial charge in [-0.25, -0.2) is 0 Å². The molecule has 0 saturated carbocycles. The minimum Gasteiger partial charge on any atom is -0.394 e. The standard InChI is InChI=1S/C8H18O6/c1-4(14-2)6(11)8(13)7(12)5(10)3-9/h4-13H,3H2,1-2H3. The topological polar surface area (TPSA) is 110 Å². The normalized spacial score (nSPS) is 22.5. The Bertz CT molecular complexity index is 137. The second-order valence-corrected chi connectivity index (χ2v) is 3.16. The molecule has 0 aliphatic rings. The molecule has 0 rings (SSSR count). The SMILES string of the molecule is COC(C)C(O)C(O)C(O)C(O)CO. The summed E-state index contributed by atoms with van der Waals surface area (Å²) in [5, 5.41) is 45.4. The van der Waals surface area contributed by atoms with E-state index in [4.69, 9.17) is 14.9 Å². The highest BCUT2D eigenvalue weighted by atomic mass is 16.5. The van der Waals surface area contributed by atoms with E-state index in [-0.39, 0.29) is 0 Å². The lowest BCUT2D eigenvalue weighted by Crippen LogP contribution is -2.49. The number of hydrogen-bond acceptors (Lipinski definition) is 6. The summed E-state index contributed by atoms with van der Waals surface area (Å²) in [5.74, 6) is 0. The van der Waals surface area contributed by atoms with Crippen LogP contribution in [0.25, 0.3) is 0 Å². The summed E-state index contributed by atoms with van der Waals surface area (Å²) < 4.78 is 4.73. The lowest BCUT2D eigenvalue weighted by atomic mass is 10.0. The van der Waals surface area contributed by atoms with E-state index < -0.39 is 37.1 Å². The highest BCUT2D eigenvalue weighted by molar-refractivity contribution is 4.83. The van der Waals surface area contributed by atoms with E-state index in [0.29, 0.717) is 0 Å². The van der Waals surface area contributed by atoms with Gasteiger partial charge in [0.05, 0.1) is 12.7 Å². The van der Waals surface area contributed by atoms with Crippen LogP contribution < -0.4 is 0 Å². The second kappa shape index (κ2) is 6.28. The third-order valence-electron chi connectivity index (χ3n) is 2.13. The molecular formula is C8H18O6. The van der Waals surface area contributed by atoms with Gasteiger partial charge < -0.3 is 30.3 Å². The molecule has 0 fully saturated rings. The molecule has 0 bridgehead atoms. The number of hydrogen-bond donors (Lipinski definition) is 5. The summed E-state index contributed by atoms with van der Waals surface area (Å²) in [6.07, 6.45) is -6.65. The zero-order valence-electron chi connectivity index (χ0n) is 8.24. The fourth-order valence-electron chi connectivity index (χ4n) is 0.955. The van der Waals surface area contributed by atoms with Crippen molar-refractivity contribution in [2.45, 2.75) is 37.4 Å². The molecule has 0 aromatic heterocycles. The van der Waals surface area contributed by atoms with Crippen molar-refractivity contribution >= 4 is 0 Å². The number of methoxy groups -OCH3 is 1. The highest BCUT2D eigenvalue weighted by Gasteiger charge is 2.32. The third kappa shape index (κ3) is 3.49. The zero-order chi connectivity index (χ0) is 11.3. The molecule has 0 aliphatic carbocycles. The quantitative estimate of drug-likeness (QED) is 0.330. The van der Waals surface area contributed by atoms with Crippen molar-refractivity contribution in [3.63, 3.8) is 0 Å². The van der Waals surface area contributed by atoms with E-state index >= 15 is 0 Å². The van der Waals surface area contributed by atoms with Crippen LogP contribution in [0.4, 0.5) is 0 Å². The van der Waals surface area contributed by atoms with Crippen molar-refractivity contribution in [3.8, 4) is 0 Å². The summed E-state index contributed by atoms with van der Waals surface area (Å²) in [5.41, 5.74) is 0. The summed E-state index contributed by atoms with van der Waals surface area (Å²) >= 11 is 0. The molecule has 0 heterocycles. The Hall–Kier alpha value is -0.240. The van der Waals surface area contributed by atoms with Crippen LogP contribution in [0, 0.1) is 0 Å². The van der Waals surface area contributed by atoms with Crippen molar-refractivity contribution in [3.05, 3.63) is 0 Å². The fraction of sp³-hybridized carbons (Fsp3) is 1.00. The first-order chi connectivity index (χ1) is 6.45. The molecule has 0 aliphatic heterocycles. The Labute approximate surface area is 82.4 Å². The first-order valence-corrected chi connectivity index (χ1v) is 4.31. The lowest BCUT2D eigenvalue weighted by Gasteiger charge is -2.28. The molecule has 5 atom stereocenters. The summed E-state index contributed by atoms with van der Waals surface area (Å²) in [6.45, 7) is 0.818. The van der Waals surface area contributed by atoms with Gasteiger partial charge in [-0.15, -0.1) is 0 Å². The van der Waals surface area contributed by atoms with Crippen LogP contribution in [0.2, 0.25) is 0 Å². The van der Waals surface area contributed by atoms with E-state index in [1.165, 1.54) is 14.0 Å². The maximum Gasteiger partial charge on any atom is 0.111 e. The minimum absolute atomic E-state index is 0.675. The smallest absolute Gasteiger partial charge is 0.111 e. The van der Waals surface area contributed by atoms with Crippen molar-refractivity contribution in [2.75, 3.05) is 13.7 Å². The van der Waals surface area contributed by atoms with E-state index in [2.05, 4.69) is 0 Å². The molecular weight excluding hydrogens is 192 g/mol. The first kappa shape index (κ1) is 13.8. The van der Waals surface area contributed by atoms with Gasteiger partial charge in [-0.2, -0.15) is 0 Å². The van der Waals surface area contributed by atoms with Gasteiger partial charge in [-0.05, 0) is 6.92 Å². The van der Waals surface area contributed by atoms with Gasteiger partial charge in [-0.3, -0.25) is 0 Å². The third-order valence-corrected chi connectivity index (χ3v) is 2.13. The van der Waals surface area contributed by atoms with Crippen LogP contribution in [0.5, 0.6) is 0 Å². The van der Waals surface area contributed by atoms with Crippen LogP contribution >= 0.6 is 0 Å². The molecule has 14 heavy (non-hydrogen) atoms. The lowest BCUT2D eigenvalue weighted by molar-refractivity contribution is -0.142. The van der Waals surface area contributed by atoms with Gasteiger partial charge >= 0.3 is 0 Å². The summed E-state index contributed by atoms with van der Waals surface area (Å²) in [7, 11) is 1.34. The molecule has 0 spiro atoms. The van der Waals surface area contributed by atoms with E-state index in [9.17, 15) is 15.3 Å². The maximum absolute atomic E-state index is 9.37. The van der Waals surface area contributed by atoms with E-state index in [1.54, 1.807) is 0 Å². The predicted molar refractivity (Wildman–Crippen MR) is 47.6 cm³/mol. The molecule has 6 heteroatoms. The molecule has 5 N–H and O–H groups in total. The van der Waals surface area contributed by atoms with Gasteiger partial charge in [0.25, 0.3) is 0 Å². The van der Waals surface area contributed by atoms with Crippen molar-refractivity contribution in [1.82, 2.24) is 0 Å². The van der Waals surface area contributed by atoms with Crippen LogP contribution in [-0.4, -0.2) is 69.8 Å². The predicted octanol–water partition coefficient (Wildman–Crippen LogP) is -2.54. The molecule has 0 radical (unpaired) electrons. The molecule has 6 nitrogen and oxygen atoms in total. The zero-order valence-corrected chi connectivity index (χ0v) is 8.24. The fourth-order valence-corrected chi connectivity index (χ4v) is 0.955. The van der Waals surface area contributed by atoms with Crippen LogP contribution in [-0.2, 0) is 4.74 Å². The van der Waals surface area contributed by atoms with Crippen molar-refractivity contribution < 1.29 is 30.3 Å². The van der Waals surface area contributed by atoms with E-state index in [1.807, 2.05) is 0 Å². The molecule has 0 aromatic carbocycles. The average molecular weight is 210 g/mol. The van der Waals surface area contributed by atoms with E-state index in [0.717, 1.165) is 0 Å². The van der Waals surface area contributed by atoms with Gasteiger partial charge in [0.2, 0.25) is 0 Å². The molecule has 86 valence electrons. The van der Waals surface area contributed by atoms with Crippen LogP contribution in [0.3, 0.4) is 0 Å². The number of ether oxygens (including phenoxy) is 1. The molecule has 0 saturated heterocycles. The Morgan fingerprint density at radius 1 is 1.00 bits per heavy atom. The summed E-state index contributed by atoms with van der Waals surface area (Å²) in [4.78, 5) is 0. The number of aliphatic hydroxyl groups is 5. The average Bonchev–Trinajstić information content (AvgIpc) is 2.23. The number of rotatable bonds is 6. The van der Waals surface area contributed by atoms with Gasteiger partial charge in [0, 0.05) is 7.11 Å². The van der Waals surface area contributed by atoms with Gasteiger partial charge in [-0.1, -0.05) is 0 Å². The highest BCUT2D eigenvalue weighted by Crippen LogP contribution is 2.09. The first-order valence-electron chi connectivity index (χ1n) is 4.31.